The van der Waals surface area contributed by atoms with E-state index in [9.17, 15) is 14.0 Å². The van der Waals surface area contributed by atoms with E-state index in [2.05, 4.69) is 21.0 Å². The number of hydrogen-bond donors (Lipinski definition) is 1. The lowest BCUT2D eigenvalue weighted by molar-refractivity contribution is 0.599. The van der Waals surface area contributed by atoms with Crippen molar-refractivity contribution in [1.82, 2.24) is 9.78 Å². The van der Waals surface area contributed by atoms with Crippen LogP contribution in [-0.2, 0) is 6.54 Å². The molecule has 0 saturated carbocycles. The van der Waals surface area contributed by atoms with Crippen molar-refractivity contribution < 1.29 is 4.39 Å². The molecule has 0 aliphatic carbocycles. The van der Waals surface area contributed by atoms with E-state index in [0.717, 1.165) is 10.7 Å². The van der Waals surface area contributed by atoms with E-state index in [4.69, 9.17) is 0 Å². The van der Waals surface area contributed by atoms with E-state index in [0.29, 0.717) is 5.56 Å². The molecule has 0 fully saturated rings. The van der Waals surface area contributed by atoms with Crippen molar-refractivity contribution in [3.63, 3.8) is 0 Å². The lowest BCUT2D eigenvalue weighted by Gasteiger charge is -2.07. The zero-order valence-corrected chi connectivity index (χ0v) is 10.2. The fourth-order valence-electron chi connectivity index (χ4n) is 1.42. The number of hydrogen-bond acceptors (Lipinski definition) is 2. The van der Waals surface area contributed by atoms with Gasteiger partial charge in [-0.25, -0.2) is 9.07 Å². The van der Waals surface area contributed by atoms with Crippen LogP contribution in [0.25, 0.3) is 0 Å². The molecule has 0 saturated heterocycles. The molecule has 2 rings (SSSR count). The van der Waals surface area contributed by atoms with Gasteiger partial charge in [0.15, 0.2) is 0 Å². The average Bonchev–Trinajstić information content (AvgIpc) is 2.30. The highest BCUT2D eigenvalue weighted by Crippen LogP contribution is 2.20. The van der Waals surface area contributed by atoms with Crippen molar-refractivity contribution in [2.75, 3.05) is 0 Å². The second-order valence-corrected chi connectivity index (χ2v) is 4.24. The maximum atomic E-state index is 13.3. The largest absolute Gasteiger partial charge is 0.268 e. The fraction of sp³-hybridized carbons (Fsp3) is 0.0909. The summed E-state index contributed by atoms with van der Waals surface area (Å²) in [6.07, 6.45) is 0. The maximum absolute atomic E-state index is 13.3. The number of rotatable bonds is 2. The van der Waals surface area contributed by atoms with Crippen LogP contribution in [0.1, 0.15) is 5.56 Å². The van der Waals surface area contributed by atoms with Gasteiger partial charge in [-0.1, -0.05) is 12.1 Å². The van der Waals surface area contributed by atoms with Gasteiger partial charge in [-0.3, -0.25) is 14.7 Å². The molecular weight excluding hydrogens is 291 g/mol. The Balaban J connectivity index is 2.45. The zero-order chi connectivity index (χ0) is 12.4. The minimum Gasteiger partial charge on any atom is -0.268 e. The predicted molar refractivity (Wildman–Crippen MR) is 64.5 cm³/mol. The van der Waals surface area contributed by atoms with E-state index < -0.39 is 5.82 Å². The Hall–Kier alpha value is -1.69. The van der Waals surface area contributed by atoms with Gasteiger partial charge >= 0.3 is 0 Å². The van der Waals surface area contributed by atoms with Crippen LogP contribution in [-0.4, -0.2) is 9.78 Å². The number of aromatic nitrogens is 2. The summed E-state index contributed by atoms with van der Waals surface area (Å²) in [5.41, 5.74) is -0.146. The number of benzene rings is 1. The molecule has 6 heteroatoms. The molecule has 0 aliphatic heterocycles. The molecule has 0 atom stereocenters. The molecule has 1 N–H and O–H groups in total. The van der Waals surface area contributed by atoms with Crippen LogP contribution in [0.15, 0.2) is 44.4 Å². The summed E-state index contributed by atoms with van der Waals surface area (Å²) in [4.78, 5) is 22.5. The lowest BCUT2D eigenvalue weighted by Crippen LogP contribution is -2.28. The van der Waals surface area contributed by atoms with Crippen LogP contribution in [0.5, 0.6) is 0 Å². The van der Waals surface area contributed by atoms with Gasteiger partial charge in [-0.2, -0.15) is 0 Å². The van der Waals surface area contributed by atoms with E-state index >= 15 is 0 Å². The van der Waals surface area contributed by atoms with Crippen molar-refractivity contribution in [1.29, 1.82) is 0 Å². The highest BCUT2D eigenvalue weighted by Gasteiger charge is 2.06. The Morgan fingerprint density at radius 3 is 2.76 bits per heavy atom. The zero-order valence-electron chi connectivity index (χ0n) is 8.61. The van der Waals surface area contributed by atoms with Gasteiger partial charge in [0.05, 0.1) is 11.0 Å². The Morgan fingerprint density at radius 2 is 2.00 bits per heavy atom. The van der Waals surface area contributed by atoms with Crippen molar-refractivity contribution in [3.8, 4) is 0 Å². The van der Waals surface area contributed by atoms with Crippen LogP contribution in [0, 0.1) is 5.82 Å². The molecule has 1 aromatic heterocycles. The highest BCUT2D eigenvalue weighted by atomic mass is 79.9. The molecule has 0 unspecified atom stereocenters. The standard InChI is InChI=1S/C11H8BrFN2O2/c12-11-7(2-1-3-8(11)13)6-15-10(17)5-4-9(16)14-15/h1-5H,6H2,(H,14,16). The molecule has 0 radical (unpaired) electrons. The molecule has 88 valence electrons. The summed E-state index contributed by atoms with van der Waals surface area (Å²) >= 11 is 3.10. The quantitative estimate of drug-likeness (QED) is 0.913. The number of aromatic amines is 1. The molecule has 1 aromatic carbocycles. The molecule has 2 aromatic rings. The first kappa shape index (κ1) is 11.8. The van der Waals surface area contributed by atoms with Crippen LogP contribution in [0.4, 0.5) is 4.39 Å². The third-order valence-electron chi connectivity index (χ3n) is 2.25. The summed E-state index contributed by atoms with van der Waals surface area (Å²) in [6, 6.07) is 6.85. The molecule has 4 nitrogen and oxygen atoms in total. The summed E-state index contributed by atoms with van der Waals surface area (Å²) in [5.74, 6) is -0.408. The Kier molecular flexibility index (Phi) is 3.23. The topological polar surface area (TPSA) is 54.9 Å². The molecular formula is C11H8BrFN2O2. The van der Waals surface area contributed by atoms with Crippen molar-refractivity contribution in [3.05, 3.63) is 66.9 Å². The minimum atomic E-state index is -0.408. The Labute approximate surface area is 104 Å². The Morgan fingerprint density at radius 1 is 1.24 bits per heavy atom. The third-order valence-corrected chi connectivity index (χ3v) is 3.14. The van der Waals surface area contributed by atoms with Crippen molar-refractivity contribution in [2.45, 2.75) is 6.54 Å². The number of nitrogens with one attached hydrogen (secondary N) is 1. The normalized spacial score (nSPS) is 10.5. The third kappa shape index (κ3) is 2.52. The first-order valence-corrected chi connectivity index (χ1v) is 5.60. The first-order chi connectivity index (χ1) is 8.08. The smallest absolute Gasteiger partial charge is 0.265 e. The molecule has 0 amide bonds. The van der Waals surface area contributed by atoms with E-state index in [1.54, 1.807) is 12.1 Å². The van der Waals surface area contributed by atoms with Crippen LogP contribution < -0.4 is 11.1 Å². The Bertz CT molecular complexity index is 663. The fourth-order valence-corrected chi connectivity index (χ4v) is 1.81. The average molecular weight is 299 g/mol. The number of H-pyrrole nitrogens is 1. The number of halogens is 2. The summed E-state index contributed by atoms with van der Waals surface area (Å²) < 4.78 is 14.7. The van der Waals surface area contributed by atoms with E-state index in [1.165, 1.54) is 12.1 Å². The first-order valence-electron chi connectivity index (χ1n) is 4.81. The minimum absolute atomic E-state index is 0.104. The lowest BCUT2D eigenvalue weighted by atomic mass is 10.2. The van der Waals surface area contributed by atoms with Gasteiger partial charge in [-0.05, 0) is 27.6 Å². The molecule has 1 heterocycles. The van der Waals surface area contributed by atoms with Gasteiger partial charge in [0, 0.05) is 12.1 Å². The maximum Gasteiger partial charge on any atom is 0.265 e. The number of nitrogens with zero attached hydrogens (tertiary/aromatic N) is 1. The monoisotopic (exact) mass is 298 g/mol. The van der Waals surface area contributed by atoms with E-state index in [-0.39, 0.29) is 22.1 Å². The van der Waals surface area contributed by atoms with Crippen molar-refractivity contribution >= 4 is 15.9 Å². The molecule has 0 spiro atoms. The van der Waals surface area contributed by atoms with Gasteiger partial charge < -0.3 is 0 Å². The molecule has 0 bridgehead atoms. The molecule has 17 heavy (non-hydrogen) atoms. The SMILES string of the molecule is O=c1ccc(=O)n(Cc2cccc(F)c2Br)[nH]1. The van der Waals surface area contributed by atoms with Gasteiger partial charge in [0.25, 0.3) is 11.1 Å². The van der Waals surface area contributed by atoms with Gasteiger partial charge in [0.2, 0.25) is 0 Å². The summed E-state index contributed by atoms with van der Waals surface area (Å²) in [6.45, 7) is 0.104. The summed E-state index contributed by atoms with van der Waals surface area (Å²) in [7, 11) is 0. The second-order valence-electron chi connectivity index (χ2n) is 3.45. The van der Waals surface area contributed by atoms with Crippen LogP contribution in [0.3, 0.4) is 0 Å². The van der Waals surface area contributed by atoms with Crippen molar-refractivity contribution in [2.24, 2.45) is 0 Å². The van der Waals surface area contributed by atoms with Crippen LogP contribution >= 0.6 is 15.9 Å². The van der Waals surface area contributed by atoms with Crippen LogP contribution in [0.2, 0.25) is 0 Å². The highest BCUT2D eigenvalue weighted by molar-refractivity contribution is 9.10. The summed E-state index contributed by atoms with van der Waals surface area (Å²) in [5, 5.41) is 2.38. The van der Waals surface area contributed by atoms with E-state index in [1.807, 2.05) is 0 Å². The second kappa shape index (κ2) is 4.67. The van der Waals surface area contributed by atoms with Gasteiger partial charge in [0.1, 0.15) is 5.82 Å². The van der Waals surface area contributed by atoms with Gasteiger partial charge in [-0.15, -0.1) is 0 Å². The predicted octanol–water partition coefficient (Wildman–Crippen LogP) is 1.49. The molecule has 0 aliphatic rings.